The Kier molecular flexibility index (Phi) is 6.91. The van der Waals surface area contributed by atoms with Crippen LogP contribution >= 0.6 is 11.8 Å². The fourth-order valence-electron chi connectivity index (χ4n) is 5.47. The van der Waals surface area contributed by atoms with Crippen molar-refractivity contribution < 1.29 is 24.0 Å². The molecule has 2 aliphatic rings. The minimum Gasteiger partial charge on any atom is -0.338 e. The smallest absolute Gasteiger partial charge is 0.338 e. The van der Waals surface area contributed by atoms with Crippen LogP contribution in [-0.4, -0.2) is 39.9 Å². The first kappa shape index (κ1) is 25.5. The second kappa shape index (κ2) is 10.3. The number of nitrogens with zero attached hydrogens (tertiary/aromatic N) is 1. The molecule has 7 nitrogen and oxygen atoms in total. The number of nitrogens with one attached hydrogen (secondary N) is 1. The van der Waals surface area contributed by atoms with Crippen LogP contribution in [-0.2, 0) is 29.4 Å². The van der Waals surface area contributed by atoms with Gasteiger partial charge in [-0.05, 0) is 29.0 Å². The maximum atomic E-state index is 14.6. The number of Topliss-reactive ketones (excluding diaryl/α,β-unsaturated/α-hetero) is 1. The molecular formula is C30H26N2O5S. The zero-order valence-electron chi connectivity index (χ0n) is 20.9. The van der Waals surface area contributed by atoms with Gasteiger partial charge in [-0.15, -0.1) is 11.8 Å². The molecule has 1 N–H and O–H groups in total. The number of fused-ring (bicyclic) bond motifs is 1. The van der Waals surface area contributed by atoms with Gasteiger partial charge in [-0.1, -0.05) is 91.0 Å². The van der Waals surface area contributed by atoms with Gasteiger partial charge in [0.15, 0.2) is 11.8 Å². The summed E-state index contributed by atoms with van der Waals surface area (Å²) in [6.07, 6.45) is 0. The lowest BCUT2D eigenvalue weighted by Crippen LogP contribution is -2.77. The molecule has 192 valence electrons. The Morgan fingerprint density at radius 1 is 0.868 bits per heavy atom. The molecule has 0 bridgehead atoms. The number of benzene rings is 3. The Bertz CT molecular complexity index is 1370. The monoisotopic (exact) mass is 526 g/mol. The zero-order valence-corrected chi connectivity index (χ0v) is 21.7. The summed E-state index contributed by atoms with van der Waals surface area (Å²) in [5, 5.41) is 1.13. The highest BCUT2D eigenvalue weighted by Crippen LogP contribution is 2.60. The van der Waals surface area contributed by atoms with Crippen molar-refractivity contribution >= 4 is 35.3 Å². The van der Waals surface area contributed by atoms with Gasteiger partial charge in [-0.2, -0.15) is 5.48 Å². The number of hydrogen-bond acceptors (Lipinski definition) is 6. The molecular weight excluding hydrogens is 500 g/mol. The van der Waals surface area contributed by atoms with Gasteiger partial charge in [0.25, 0.3) is 0 Å². The molecule has 3 aromatic carbocycles. The van der Waals surface area contributed by atoms with Gasteiger partial charge in [0.2, 0.25) is 11.8 Å². The number of hydroxylamine groups is 1. The van der Waals surface area contributed by atoms with Gasteiger partial charge in [0, 0.05) is 18.4 Å². The molecule has 38 heavy (non-hydrogen) atoms. The molecule has 2 aliphatic heterocycles. The highest BCUT2D eigenvalue weighted by molar-refractivity contribution is 8.03. The highest BCUT2D eigenvalue weighted by atomic mass is 32.2. The van der Waals surface area contributed by atoms with Crippen molar-refractivity contribution in [3.8, 4) is 0 Å². The van der Waals surface area contributed by atoms with Crippen molar-refractivity contribution in [2.45, 2.75) is 36.6 Å². The van der Waals surface area contributed by atoms with E-state index in [1.54, 1.807) is 5.41 Å². The van der Waals surface area contributed by atoms with E-state index in [-0.39, 0.29) is 23.2 Å². The van der Waals surface area contributed by atoms with Crippen LogP contribution in [0.1, 0.15) is 36.5 Å². The van der Waals surface area contributed by atoms with E-state index in [4.69, 9.17) is 4.84 Å². The fraction of sp³-hybridized carbons (Fsp3) is 0.200. The molecule has 0 spiro atoms. The van der Waals surface area contributed by atoms with E-state index in [0.717, 1.165) is 16.7 Å². The van der Waals surface area contributed by atoms with Crippen LogP contribution in [0.25, 0.3) is 0 Å². The molecule has 5 rings (SSSR count). The van der Waals surface area contributed by atoms with E-state index in [2.05, 4.69) is 0 Å². The largest absolute Gasteiger partial charge is 0.359 e. The molecule has 2 amide bonds. The van der Waals surface area contributed by atoms with Gasteiger partial charge in [-0.25, -0.2) is 4.79 Å². The van der Waals surface area contributed by atoms with Crippen LogP contribution < -0.4 is 5.48 Å². The van der Waals surface area contributed by atoms with Crippen LogP contribution in [0.5, 0.6) is 0 Å². The molecule has 0 saturated carbocycles. The first-order chi connectivity index (χ1) is 18.4. The molecule has 3 atom stereocenters. The standard InChI is InChI=1S/C30H26N2O5S/c1-19(33)24-18-38-29-30(23-16-10-5-11-17-23,28(36)32(29)26(24)27(35)37-31-20(2)34)25(21-12-6-3-7-13-21)22-14-8-4-9-15-22/h3-18,25-26,29H,1-2H3,(H,31,34)/t26?,29-,30-/m0/s1. The van der Waals surface area contributed by atoms with Gasteiger partial charge in [0.05, 0.1) is 0 Å². The molecule has 2 heterocycles. The molecule has 0 radical (unpaired) electrons. The Morgan fingerprint density at radius 3 is 1.89 bits per heavy atom. The molecule has 1 saturated heterocycles. The van der Waals surface area contributed by atoms with Crippen LogP contribution in [0.15, 0.2) is 102 Å². The lowest BCUT2D eigenvalue weighted by Gasteiger charge is -2.61. The van der Waals surface area contributed by atoms with Crippen LogP contribution in [0, 0.1) is 0 Å². The third-order valence-electron chi connectivity index (χ3n) is 7.02. The normalized spacial score (nSPS) is 22.1. The summed E-state index contributed by atoms with van der Waals surface area (Å²) in [5.41, 5.74) is 3.81. The first-order valence-electron chi connectivity index (χ1n) is 12.2. The van der Waals surface area contributed by atoms with Gasteiger partial charge < -0.3 is 9.74 Å². The molecule has 1 unspecified atom stereocenters. The maximum Gasteiger partial charge on any atom is 0.359 e. The zero-order chi connectivity index (χ0) is 26.9. The number of ketones is 1. The highest BCUT2D eigenvalue weighted by Gasteiger charge is 2.70. The second-order valence-electron chi connectivity index (χ2n) is 9.30. The Morgan fingerprint density at radius 2 is 1.39 bits per heavy atom. The van der Waals surface area contributed by atoms with Crippen LogP contribution in [0.2, 0.25) is 0 Å². The molecule has 0 aliphatic carbocycles. The lowest BCUT2D eigenvalue weighted by atomic mass is 9.59. The minimum absolute atomic E-state index is 0.146. The van der Waals surface area contributed by atoms with E-state index in [1.807, 2.05) is 96.5 Å². The minimum atomic E-state index is -1.28. The van der Waals surface area contributed by atoms with Crippen molar-refractivity contribution in [2.75, 3.05) is 0 Å². The molecule has 0 aromatic heterocycles. The number of amides is 2. The maximum absolute atomic E-state index is 14.6. The van der Waals surface area contributed by atoms with E-state index in [9.17, 15) is 19.2 Å². The van der Waals surface area contributed by atoms with E-state index in [1.165, 1.54) is 30.5 Å². The predicted molar refractivity (Wildman–Crippen MR) is 144 cm³/mol. The van der Waals surface area contributed by atoms with Crippen molar-refractivity contribution in [3.63, 3.8) is 0 Å². The van der Waals surface area contributed by atoms with E-state index in [0.29, 0.717) is 0 Å². The molecule has 3 aromatic rings. The van der Waals surface area contributed by atoms with Crippen molar-refractivity contribution in [3.05, 3.63) is 119 Å². The molecule has 8 heteroatoms. The van der Waals surface area contributed by atoms with Crippen LogP contribution in [0.4, 0.5) is 0 Å². The third-order valence-corrected chi connectivity index (χ3v) is 8.27. The SMILES string of the molecule is CC(=O)NOC(=O)C1C(C(C)=O)=CS[C@@H]2N1C(=O)[C@]2(c1ccccc1)C(c1ccccc1)c1ccccc1. The summed E-state index contributed by atoms with van der Waals surface area (Å²) in [5.74, 6) is -2.50. The first-order valence-corrected chi connectivity index (χ1v) is 13.1. The molecule has 1 fully saturated rings. The van der Waals surface area contributed by atoms with Gasteiger partial charge in [-0.3, -0.25) is 14.4 Å². The third kappa shape index (κ3) is 4.11. The number of carbonyl (C=O) groups excluding carboxylic acids is 4. The van der Waals surface area contributed by atoms with E-state index < -0.39 is 28.7 Å². The Labute approximate surface area is 224 Å². The number of carbonyl (C=O) groups is 4. The van der Waals surface area contributed by atoms with Crippen molar-refractivity contribution in [1.82, 2.24) is 10.4 Å². The Hall–Kier alpha value is -4.17. The summed E-state index contributed by atoms with van der Waals surface area (Å²) < 4.78 is 0. The summed E-state index contributed by atoms with van der Waals surface area (Å²) in [4.78, 5) is 58.1. The number of rotatable bonds is 6. The van der Waals surface area contributed by atoms with Crippen LogP contribution in [0.3, 0.4) is 0 Å². The summed E-state index contributed by atoms with van der Waals surface area (Å²) in [7, 11) is 0. The van der Waals surface area contributed by atoms with Crippen molar-refractivity contribution in [2.24, 2.45) is 0 Å². The second-order valence-corrected chi connectivity index (χ2v) is 10.3. The van der Waals surface area contributed by atoms with Crippen molar-refractivity contribution in [1.29, 1.82) is 0 Å². The fourth-order valence-corrected chi connectivity index (χ4v) is 6.98. The number of β-lactam (4-membered cyclic amide) rings is 1. The topological polar surface area (TPSA) is 92.8 Å². The number of thioether (sulfide) groups is 1. The summed E-state index contributed by atoms with van der Waals surface area (Å²) >= 11 is 1.35. The Balaban J connectivity index is 1.71. The lowest BCUT2D eigenvalue weighted by molar-refractivity contribution is -0.174. The van der Waals surface area contributed by atoms with Gasteiger partial charge >= 0.3 is 5.97 Å². The number of hydrogen-bond donors (Lipinski definition) is 1. The quantitative estimate of drug-likeness (QED) is 0.384. The summed E-state index contributed by atoms with van der Waals surface area (Å²) in [6.45, 7) is 2.55. The summed E-state index contributed by atoms with van der Waals surface area (Å²) in [6, 6.07) is 27.9. The average Bonchev–Trinajstić information content (AvgIpc) is 2.94. The van der Waals surface area contributed by atoms with Gasteiger partial charge in [0.1, 0.15) is 10.8 Å². The predicted octanol–water partition coefficient (Wildman–Crippen LogP) is 4.11. The van der Waals surface area contributed by atoms with E-state index >= 15 is 0 Å². The average molecular weight is 527 g/mol.